The van der Waals surface area contributed by atoms with Gasteiger partial charge in [0.1, 0.15) is 17.0 Å². The predicted molar refractivity (Wildman–Crippen MR) is 134 cm³/mol. The van der Waals surface area contributed by atoms with E-state index < -0.39 is 5.54 Å². The molecule has 8 nitrogen and oxygen atoms in total. The lowest BCUT2D eigenvalue weighted by Crippen LogP contribution is -2.51. The van der Waals surface area contributed by atoms with Gasteiger partial charge in [-0.3, -0.25) is 14.6 Å². The summed E-state index contributed by atoms with van der Waals surface area (Å²) in [5.41, 5.74) is 0.726. The van der Waals surface area contributed by atoms with Gasteiger partial charge >= 0.3 is 0 Å². The van der Waals surface area contributed by atoms with Crippen LogP contribution in [-0.2, 0) is 4.79 Å². The summed E-state index contributed by atoms with van der Waals surface area (Å²) < 4.78 is 5.19. The minimum atomic E-state index is -0.688. The molecule has 1 aromatic carbocycles. The summed E-state index contributed by atoms with van der Waals surface area (Å²) in [6.07, 6.45) is 6.90. The first kappa shape index (κ1) is 23.3. The number of carbonyl (C=O) groups excluding carboxylic acids is 2. The zero-order valence-electron chi connectivity index (χ0n) is 20.3. The molecule has 8 heteroatoms. The number of hydrogen-bond acceptors (Lipinski definition) is 5. The number of nitrogens with one attached hydrogen (secondary N) is 1. The molecule has 2 amide bonds. The van der Waals surface area contributed by atoms with Gasteiger partial charge in [0, 0.05) is 44.5 Å². The Kier molecular flexibility index (Phi) is 6.70. The highest BCUT2D eigenvalue weighted by atomic mass is 16.5. The molecular formula is C27H33N5O3. The fraction of sp³-hybridized carbons (Fsp3) is 0.481. The molecule has 1 N–H and O–H groups in total. The van der Waals surface area contributed by atoms with Gasteiger partial charge < -0.3 is 19.9 Å². The van der Waals surface area contributed by atoms with E-state index in [-0.39, 0.29) is 11.8 Å². The number of amides is 2. The standard InChI is InChI=1S/C27H33N5O3/c1-35-22-9-7-21(8-10-22)25(33)32-18-16-31(17-19-32)24(23-4-2-3-14-28-23)30-27(12-13-27)26(34)29-15-11-20-5-6-20/h2-4,7-10,14,20H,5-6,11-13,15-19H2,1H3,(H,29,34). The van der Waals surface area contributed by atoms with Crippen molar-refractivity contribution in [2.45, 2.75) is 37.6 Å². The quantitative estimate of drug-likeness (QED) is 0.469. The van der Waals surface area contributed by atoms with Crippen molar-refractivity contribution in [3.63, 3.8) is 0 Å². The number of methoxy groups -OCH3 is 1. The normalized spacial score (nSPS) is 19.3. The third-order valence-electron chi connectivity index (χ3n) is 7.10. The zero-order valence-corrected chi connectivity index (χ0v) is 20.3. The number of aliphatic imine (C=N–C) groups is 1. The maximum Gasteiger partial charge on any atom is 0.253 e. The number of hydrogen-bond donors (Lipinski definition) is 1. The Labute approximate surface area is 206 Å². The summed E-state index contributed by atoms with van der Waals surface area (Å²) >= 11 is 0. The molecule has 0 unspecified atom stereocenters. The number of ether oxygens (including phenoxy) is 1. The minimum Gasteiger partial charge on any atom is -0.497 e. The average Bonchev–Trinajstić information content (AvgIpc) is 3.84. The molecule has 0 bridgehead atoms. The van der Waals surface area contributed by atoms with Crippen LogP contribution >= 0.6 is 0 Å². The molecule has 35 heavy (non-hydrogen) atoms. The van der Waals surface area contributed by atoms with Crippen LogP contribution in [0.2, 0.25) is 0 Å². The van der Waals surface area contributed by atoms with Gasteiger partial charge in [0.2, 0.25) is 5.91 Å². The van der Waals surface area contributed by atoms with Crippen molar-refractivity contribution in [1.29, 1.82) is 0 Å². The SMILES string of the molecule is COc1ccc(C(=O)N2CCN(C(=NC3(C(=O)NCCC4CC4)CC3)c3ccccn3)CC2)cc1. The van der Waals surface area contributed by atoms with E-state index in [1.165, 1.54) is 12.8 Å². The van der Waals surface area contributed by atoms with Crippen LogP contribution in [0, 0.1) is 5.92 Å². The van der Waals surface area contributed by atoms with Crippen LogP contribution in [0.3, 0.4) is 0 Å². The Hall–Kier alpha value is -3.42. The van der Waals surface area contributed by atoms with Crippen LogP contribution in [0.15, 0.2) is 53.7 Å². The first-order chi connectivity index (χ1) is 17.1. The summed E-state index contributed by atoms with van der Waals surface area (Å²) in [4.78, 5) is 39.6. The number of rotatable bonds is 8. The highest BCUT2D eigenvalue weighted by molar-refractivity contribution is 6.01. The molecule has 0 spiro atoms. The number of nitrogens with zero attached hydrogens (tertiary/aromatic N) is 4. The van der Waals surface area contributed by atoms with E-state index in [4.69, 9.17) is 9.73 Å². The minimum absolute atomic E-state index is 0.0114. The molecule has 1 aromatic heterocycles. The molecule has 2 aromatic rings. The Morgan fingerprint density at radius 1 is 1.06 bits per heavy atom. The molecule has 2 aliphatic carbocycles. The number of amidine groups is 1. The van der Waals surface area contributed by atoms with Gasteiger partial charge in [-0.1, -0.05) is 18.9 Å². The highest BCUT2D eigenvalue weighted by Gasteiger charge is 2.51. The van der Waals surface area contributed by atoms with E-state index in [0.717, 1.165) is 49.0 Å². The van der Waals surface area contributed by atoms with Crippen LogP contribution in [-0.4, -0.2) is 77.8 Å². The number of piperazine rings is 1. The van der Waals surface area contributed by atoms with Crippen LogP contribution in [0.5, 0.6) is 5.75 Å². The van der Waals surface area contributed by atoms with Gasteiger partial charge in [-0.15, -0.1) is 0 Å². The van der Waals surface area contributed by atoms with Crippen LogP contribution in [0.1, 0.15) is 48.2 Å². The summed E-state index contributed by atoms with van der Waals surface area (Å²) in [5.74, 6) is 2.30. The Bertz CT molecular complexity index is 1070. The Morgan fingerprint density at radius 2 is 1.77 bits per heavy atom. The predicted octanol–water partition coefficient (Wildman–Crippen LogP) is 2.74. The zero-order chi connectivity index (χ0) is 24.3. The van der Waals surface area contributed by atoms with E-state index in [1.54, 1.807) is 37.6 Å². The summed E-state index contributed by atoms with van der Waals surface area (Å²) in [6, 6.07) is 13.0. The van der Waals surface area contributed by atoms with Crippen LogP contribution in [0.25, 0.3) is 0 Å². The smallest absolute Gasteiger partial charge is 0.253 e. The monoisotopic (exact) mass is 475 g/mol. The van der Waals surface area contributed by atoms with E-state index in [1.807, 2.05) is 23.1 Å². The fourth-order valence-electron chi connectivity index (χ4n) is 4.49. The molecule has 1 aliphatic heterocycles. The van der Waals surface area contributed by atoms with Crippen molar-refractivity contribution in [1.82, 2.24) is 20.1 Å². The van der Waals surface area contributed by atoms with E-state index in [0.29, 0.717) is 31.7 Å². The largest absolute Gasteiger partial charge is 0.497 e. The third-order valence-corrected chi connectivity index (χ3v) is 7.10. The first-order valence-corrected chi connectivity index (χ1v) is 12.6. The van der Waals surface area contributed by atoms with Crippen molar-refractivity contribution in [3.05, 3.63) is 59.9 Å². The molecule has 1 saturated heterocycles. The number of aromatic nitrogens is 1. The molecule has 0 radical (unpaired) electrons. The van der Waals surface area contributed by atoms with Gasteiger partial charge in [0.25, 0.3) is 5.91 Å². The molecule has 0 atom stereocenters. The molecular weight excluding hydrogens is 442 g/mol. The van der Waals surface area contributed by atoms with Crippen LogP contribution < -0.4 is 10.1 Å². The Morgan fingerprint density at radius 3 is 2.37 bits per heavy atom. The molecule has 2 heterocycles. The lowest BCUT2D eigenvalue weighted by Gasteiger charge is -2.36. The van der Waals surface area contributed by atoms with E-state index in [9.17, 15) is 9.59 Å². The van der Waals surface area contributed by atoms with Crippen molar-refractivity contribution < 1.29 is 14.3 Å². The van der Waals surface area contributed by atoms with Gasteiger partial charge in [-0.05, 0) is 61.6 Å². The topological polar surface area (TPSA) is 87.1 Å². The second-order valence-electron chi connectivity index (χ2n) is 9.68. The van der Waals surface area contributed by atoms with Gasteiger partial charge in [-0.2, -0.15) is 0 Å². The van der Waals surface area contributed by atoms with Crippen molar-refractivity contribution in [3.8, 4) is 5.75 Å². The highest BCUT2D eigenvalue weighted by Crippen LogP contribution is 2.41. The molecule has 184 valence electrons. The van der Waals surface area contributed by atoms with E-state index in [2.05, 4.69) is 15.2 Å². The van der Waals surface area contributed by atoms with Crippen LogP contribution in [0.4, 0.5) is 0 Å². The first-order valence-electron chi connectivity index (χ1n) is 12.6. The lowest BCUT2D eigenvalue weighted by atomic mass is 10.1. The summed E-state index contributed by atoms with van der Waals surface area (Å²) in [6.45, 7) is 3.16. The average molecular weight is 476 g/mol. The molecule has 2 saturated carbocycles. The number of carbonyl (C=O) groups is 2. The Balaban J connectivity index is 1.27. The summed E-state index contributed by atoms with van der Waals surface area (Å²) in [7, 11) is 1.61. The van der Waals surface area contributed by atoms with Gasteiger partial charge in [0.15, 0.2) is 5.84 Å². The number of benzene rings is 1. The van der Waals surface area contributed by atoms with Gasteiger partial charge in [0.05, 0.1) is 7.11 Å². The fourth-order valence-corrected chi connectivity index (χ4v) is 4.49. The van der Waals surface area contributed by atoms with Crippen molar-refractivity contribution >= 4 is 17.6 Å². The van der Waals surface area contributed by atoms with E-state index >= 15 is 0 Å². The number of pyridine rings is 1. The maximum absolute atomic E-state index is 13.0. The maximum atomic E-state index is 13.0. The molecule has 5 rings (SSSR count). The molecule has 3 aliphatic rings. The van der Waals surface area contributed by atoms with Gasteiger partial charge in [-0.25, -0.2) is 4.99 Å². The second kappa shape index (κ2) is 10.1. The lowest BCUT2D eigenvalue weighted by molar-refractivity contribution is -0.123. The van der Waals surface area contributed by atoms with Crippen molar-refractivity contribution in [2.24, 2.45) is 10.9 Å². The third kappa shape index (κ3) is 5.47. The van der Waals surface area contributed by atoms with Crippen molar-refractivity contribution in [2.75, 3.05) is 39.8 Å². The summed E-state index contributed by atoms with van der Waals surface area (Å²) in [5, 5.41) is 3.12. The molecule has 3 fully saturated rings. The second-order valence-corrected chi connectivity index (χ2v) is 9.68.